The molecule has 0 aliphatic carbocycles. The van der Waals surface area contributed by atoms with Crippen LogP contribution in [0.4, 0.5) is 4.39 Å². The lowest BCUT2D eigenvalue weighted by Crippen LogP contribution is -2.22. The van der Waals surface area contributed by atoms with Crippen molar-refractivity contribution in [1.82, 2.24) is 0 Å². The van der Waals surface area contributed by atoms with Crippen LogP contribution in [0.3, 0.4) is 0 Å². The van der Waals surface area contributed by atoms with Gasteiger partial charge in [-0.1, -0.05) is 0 Å². The molecule has 2 aromatic carbocycles. The summed E-state index contributed by atoms with van der Waals surface area (Å²) < 4.78 is 24.2. The zero-order chi connectivity index (χ0) is 16.3. The van der Waals surface area contributed by atoms with Crippen LogP contribution in [0.2, 0.25) is 0 Å². The first-order valence-corrected chi connectivity index (χ1v) is 6.97. The van der Waals surface area contributed by atoms with Gasteiger partial charge in [0, 0.05) is 11.1 Å². The Balaban J connectivity index is 2.21. The predicted molar refractivity (Wildman–Crippen MR) is 83.2 cm³/mol. The Morgan fingerprint density at radius 1 is 1.00 bits per heavy atom. The maximum absolute atomic E-state index is 13.7. The van der Waals surface area contributed by atoms with Crippen molar-refractivity contribution in [3.8, 4) is 11.5 Å². The Hall–Kier alpha value is -2.36. The van der Waals surface area contributed by atoms with Crippen LogP contribution in [0.25, 0.3) is 0 Å². The smallest absolute Gasteiger partial charge is 0.193 e. The van der Waals surface area contributed by atoms with Gasteiger partial charge in [-0.15, -0.1) is 0 Å². The van der Waals surface area contributed by atoms with Crippen LogP contribution in [0.15, 0.2) is 42.5 Å². The van der Waals surface area contributed by atoms with Crippen molar-refractivity contribution < 1.29 is 18.7 Å². The second kappa shape index (κ2) is 6.18. The number of hydrogen-bond acceptors (Lipinski definition) is 3. The van der Waals surface area contributed by atoms with Crippen LogP contribution in [0.1, 0.15) is 36.7 Å². The lowest BCUT2D eigenvalue weighted by molar-refractivity contribution is 0.103. The summed E-state index contributed by atoms with van der Waals surface area (Å²) in [6, 6.07) is 11.0. The van der Waals surface area contributed by atoms with Crippen molar-refractivity contribution in [1.29, 1.82) is 0 Å². The van der Waals surface area contributed by atoms with E-state index < -0.39 is 5.82 Å². The topological polar surface area (TPSA) is 35.5 Å². The summed E-state index contributed by atoms with van der Waals surface area (Å²) in [6.45, 7) is 5.85. The third-order valence-corrected chi connectivity index (χ3v) is 2.95. The van der Waals surface area contributed by atoms with E-state index in [-0.39, 0.29) is 22.7 Å². The second-order valence-corrected chi connectivity index (χ2v) is 5.92. The number of carbonyl (C=O) groups excluding carboxylic acids is 1. The number of ether oxygens (including phenoxy) is 2. The fourth-order valence-electron chi connectivity index (χ4n) is 2.00. The molecule has 3 nitrogen and oxygen atoms in total. The number of hydrogen-bond donors (Lipinski definition) is 0. The molecule has 0 aliphatic heterocycles. The molecule has 0 fully saturated rings. The van der Waals surface area contributed by atoms with Gasteiger partial charge in [-0.3, -0.25) is 4.79 Å². The van der Waals surface area contributed by atoms with Gasteiger partial charge in [0.05, 0.1) is 7.11 Å². The molecular formula is C18H19FO3. The van der Waals surface area contributed by atoms with Crippen LogP contribution in [-0.4, -0.2) is 18.5 Å². The molecule has 4 heteroatoms. The molecule has 22 heavy (non-hydrogen) atoms. The Bertz CT molecular complexity index is 670. The van der Waals surface area contributed by atoms with E-state index in [1.165, 1.54) is 19.2 Å². The molecule has 0 saturated carbocycles. The number of ketones is 1. The van der Waals surface area contributed by atoms with Crippen molar-refractivity contribution in [2.24, 2.45) is 0 Å². The van der Waals surface area contributed by atoms with Gasteiger partial charge in [-0.25, -0.2) is 4.39 Å². The van der Waals surface area contributed by atoms with E-state index in [1.807, 2.05) is 20.8 Å². The second-order valence-electron chi connectivity index (χ2n) is 5.92. The Morgan fingerprint density at radius 3 is 2.09 bits per heavy atom. The Kier molecular flexibility index (Phi) is 4.50. The molecule has 0 spiro atoms. The van der Waals surface area contributed by atoms with Crippen LogP contribution in [-0.2, 0) is 0 Å². The van der Waals surface area contributed by atoms with Crippen molar-refractivity contribution in [3.63, 3.8) is 0 Å². The molecule has 0 N–H and O–H groups in total. The van der Waals surface area contributed by atoms with E-state index in [2.05, 4.69) is 0 Å². The quantitative estimate of drug-likeness (QED) is 0.792. The lowest BCUT2D eigenvalue weighted by Gasteiger charge is -2.21. The van der Waals surface area contributed by atoms with Gasteiger partial charge in [-0.05, 0) is 63.2 Å². The van der Waals surface area contributed by atoms with Crippen LogP contribution in [0, 0.1) is 5.82 Å². The van der Waals surface area contributed by atoms with Gasteiger partial charge in [0.1, 0.15) is 11.4 Å². The largest absolute Gasteiger partial charge is 0.494 e. The van der Waals surface area contributed by atoms with E-state index >= 15 is 0 Å². The molecule has 2 rings (SSSR count). The lowest BCUT2D eigenvalue weighted by atomic mass is 10.0. The molecule has 0 radical (unpaired) electrons. The summed E-state index contributed by atoms with van der Waals surface area (Å²) in [5.41, 5.74) is 0.457. The highest BCUT2D eigenvalue weighted by Gasteiger charge is 2.14. The molecule has 0 amide bonds. The van der Waals surface area contributed by atoms with Gasteiger partial charge in [-0.2, -0.15) is 0 Å². The fourth-order valence-corrected chi connectivity index (χ4v) is 2.00. The number of benzene rings is 2. The van der Waals surface area contributed by atoms with E-state index in [4.69, 9.17) is 9.47 Å². The number of halogens is 1. The molecule has 0 aliphatic rings. The Morgan fingerprint density at radius 2 is 1.59 bits per heavy atom. The molecule has 0 aromatic heterocycles. The minimum Gasteiger partial charge on any atom is -0.494 e. The highest BCUT2D eigenvalue weighted by atomic mass is 19.1. The number of carbonyl (C=O) groups is 1. The SMILES string of the molecule is COc1ccc(C(=O)c2ccc(OC(C)(C)C)cc2)cc1F. The third kappa shape index (κ3) is 3.85. The monoisotopic (exact) mass is 302 g/mol. The van der Waals surface area contributed by atoms with Gasteiger partial charge < -0.3 is 9.47 Å². The zero-order valence-electron chi connectivity index (χ0n) is 13.1. The van der Waals surface area contributed by atoms with Crippen LogP contribution < -0.4 is 9.47 Å². The summed E-state index contributed by atoms with van der Waals surface area (Å²) in [5, 5.41) is 0. The summed E-state index contributed by atoms with van der Waals surface area (Å²) in [5.74, 6) is 0.000310. The molecule has 116 valence electrons. The molecule has 2 aromatic rings. The van der Waals surface area contributed by atoms with Crippen LogP contribution in [0.5, 0.6) is 11.5 Å². The Labute approximate surface area is 129 Å². The highest BCUT2D eigenvalue weighted by molar-refractivity contribution is 6.09. The standard InChI is InChI=1S/C18H19FO3/c1-18(2,3)22-14-8-5-12(6-9-14)17(20)13-7-10-16(21-4)15(19)11-13/h5-11H,1-4H3. The average molecular weight is 302 g/mol. The fraction of sp³-hybridized carbons (Fsp3) is 0.278. The molecule has 0 bridgehead atoms. The third-order valence-electron chi connectivity index (χ3n) is 2.95. The van der Waals surface area contributed by atoms with Crippen molar-refractivity contribution in [2.45, 2.75) is 26.4 Å². The normalized spacial score (nSPS) is 11.1. The van der Waals surface area contributed by atoms with Gasteiger partial charge in [0.15, 0.2) is 17.3 Å². The van der Waals surface area contributed by atoms with E-state index in [1.54, 1.807) is 30.3 Å². The summed E-state index contributed by atoms with van der Waals surface area (Å²) in [4.78, 5) is 12.3. The summed E-state index contributed by atoms with van der Waals surface area (Å²) in [7, 11) is 1.38. The first-order valence-electron chi connectivity index (χ1n) is 6.97. The minimum absolute atomic E-state index is 0.116. The van der Waals surface area contributed by atoms with E-state index in [0.717, 1.165) is 0 Å². The predicted octanol–water partition coefficient (Wildman–Crippen LogP) is 4.24. The van der Waals surface area contributed by atoms with Crippen molar-refractivity contribution in [2.75, 3.05) is 7.11 Å². The first-order chi connectivity index (χ1) is 10.3. The van der Waals surface area contributed by atoms with Crippen molar-refractivity contribution in [3.05, 3.63) is 59.4 Å². The highest BCUT2D eigenvalue weighted by Crippen LogP contribution is 2.22. The van der Waals surface area contributed by atoms with Gasteiger partial charge in [0.25, 0.3) is 0 Å². The average Bonchev–Trinajstić information content (AvgIpc) is 2.45. The van der Waals surface area contributed by atoms with E-state index in [9.17, 15) is 9.18 Å². The van der Waals surface area contributed by atoms with E-state index in [0.29, 0.717) is 11.3 Å². The first kappa shape index (κ1) is 16.0. The molecule has 0 atom stereocenters. The zero-order valence-corrected chi connectivity index (χ0v) is 13.1. The number of rotatable bonds is 4. The van der Waals surface area contributed by atoms with Crippen molar-refractivity contribution >= 4 is 5.78 Å². The van der Waals surface area contributed by atoms with Crippen LogP contribution >= 0.6 is 0 Å². The summed E-state index contributed by atoms with van der Waals surface area (Å²) in [6.07, 6.45) is 0. The molecule has 0 saturated heterocycles. The maximum Gasteiger partial charge on any atom is 0.193 e. The summed E-state index contributed by atoms with van der Waals surface area (Å²) >= 11 is 0. The number of methoxy groups -OCH3 is 1. The molecule has 0 heterocycles. The van der Waals surface area contributed by atoms with Gasteiger partial charge in [0.2, 0.25) is 0 Å². The van der Waals surface area contributed by atoms with Gasteiger partial charge >= 0.3 is 0 Å². The minimum atomic E-state index is -0.555. The molecular weight excluding hydrogens is 283 g/mol. The molecule has 0 unspecified atom stereocenters. The maximum atomic E-state index is 13.7.